The Kier molecular flexibility index (Phi) is 5.19. The highest BCUT2D eigenvalue weighted by Gasteiger charge is 2.39. The van der Waals surface area contributed by atoms with Crippen LogP contribution in [0.3, 0.4) is 0 Å². The summed E-state index contributed by atoms with van der Waals surface area (Å²) in [4.78, 5) is 2.60. The highest BCUT2D eigenvalue weighted by molar-refractivity contribution is 5.27. The Bertz CT molecular complexity index is 409. The van der Waals surface area contributed by atoms with Crippen LogP contribution >= 0.6 is 0 Å². The molecule has 1 aliphatic rings. The number of nitrogens with two attached hydrogens (primary N) is 1. The Labute approximate surface area is 123 Å². The molecule has 0 saturated carbocycles. The number of aryl methyl sites for hydroxylation is 1. The van der Waals surface area contributed by atoms with Crippen LogP contribution in [0.15, 0.2) is 24.3 Å². The van der Waals surface area contributed by atoms with Crippen LogP contribution in [0.2, 0.25) is 0 Å². The molecule has 112 valence electrons. The molecule has 2 unspecified atom stereocenters. The van der Waals surface area contributed by atoms with Crippen LogP contribution in [0.4, 0.5) is 0 Å². The van der Waals surface area contributed by atoms with Gasteiger partial charge in [-0.1, -0.05) is 38.1 Å². The molecule has 2 rings (SSSR count). The fourth-order valence-electron chi connectivity index (χ4n) is 3.42. The van der Waals surface area contributed by atoms with Crippen molar-refractivity contribution in [1.82, 2.24) is 10.3 Å². The van der Waals surface area contributed by atoms with Crippen molar-refractivity contribution in [2.24, 2.45) is 5.84 Å². The molecule has 1 aliphatic heterocycles. The van der Waals surface area contributed by atoms with Crippen molar-refractivity contribution in [1.29, 1.82) is 0 Å². The first-order valence-electron chi connectivity index (χ1n) is 7.95. The third kappa shape index (κ3) is 2.90. The van der Waals surface area contributed by atoms with E-state index in [1.165, 1.54) is 37.1 Å². The molecule has 0 aromatic heterocycles. The predicted molar refractivity (Wildman–Crippen MR) is 85.4 cm³/mol. The van der Waals surface area contributed by atoms with E-state index >= 15 is 0 Å². The van der Waals surface area contributed by atoms with Gasteiger partial charge < -0.3 is 0 Å². The number of hydrazine groups is 1. The van der Waals surface area contributed by atoms with Crippen LogP contribution in [0.5, 0.6) is 0 Å². The quantitative estimate of drug-likeness (QED) is 0.619. The molecule has 0 amide bonds. The minimum atomic E-state index is 0.0823. The molecule has 1 aromatic carbocycles. The maximum Gasteiger partial charge on any atom is 0.0641 e. The van der Waals surface area contributed by atoms with Crippen molar-refractivity contribution >= 4 is 0 Å². The van der Waals surface area contributed by atoms with Gasteiger partial charge in [0, 0.05) is 5.54 Å². The van der Waals surface area contributed by atoms with Crippen molar-refractivity contribution in [3.05, 3.63) is 35.4 Å². The first kappa shape index (κ1) is 15.5. The molecule has 1 aromatic rings. The molecule has 0 bridgehead atoms. The fraction of sp³-hybridized carbons (Fsp3) is 0.647. The molecule has 3 nitrogen and oxygen atoms in total. The predicted octanol–water partition coefficient (Wildman–Crippen LogP) is 3.02. The Balaban J connectivity index is 2.27. The summed E-state index contributed by atoms with van der Waals surface area (Å²) >= 11 is 0. The maximum atomic E-state index is 5.93. The number of nitrogens with one attached hydrogen (secondary N) is 1. The van der Waals surface area contributed by atoms with E-state index < -0.39 is 0 Å². The van der Waals surface area contributed by atoms with Gasteiger partial charge in [0.15, 0.2) is 0 Å². The van der Waals surface area contributed by atoms with E-state index in [4.69, 9.17) is 5.84 Å². The zero-order valence-corrected chi connectivity index (χ0v) is 13.2. The summed E-state index contributed by atoms with van der Waals surface area (Å²) in [7, 11) is 0. The van der Waals surface area contributed by atoms with Gasteiger partial charge in [-0.15, -0.1) is 0 Å². The summed E-state index contributed by atoms with van der Waals surface area (Å²) in [6.07, 6.45) is 4.79. The molecule has 0 radical (unpaired) electrons. The summed E-state index contributed by atoms with van der Waals surface area (Å²) in [5.74, 6) is 5.93. The van der Waals surface area contributed by atoms with E-state index in [9.17, 15) is 0 Å². The second kappa shape index (κ2) is 6.70. The van der Waals surface area contributed by atoms with E-state index in [1.54, 1.807) is 0 Å². The molecule has 0 spiro atoms. The van der Waals surface area contributed by atoms with Crippen LogP contribution in [-0.2, 0) is 6.42 Å². The second-order valence-corrected chi connectivity index (χ2v) is 6.10. The average Bonchev–Trinajstić information content (AvgIpc) is 3.03. The zero-order valence-electron chi connectivity index (χ0n) is 13.2. The summed E-state index contributed by atoms with van der Waals surface area (Å²) in [6.45, 7) is 9.18. The lowest BCUT2D eigenvalue weighted by molar-refractivity contribution is 0.0840. The average molecular weight is 275 g/mol. The summed E-state index contributed by atoms with van der Waals surface area (Å²) in [6, 6.07) is 9.08. The second-order valence-electron chi connectivity index (χ2n) is 6.10. The third-order valence-corrected chi connectivity index (χ3v) is 5.05. The van der Waals surface area contributed by atoms with E-state index in [2.05, 4.69) is 55.4 Å². The van der Waals surface area contributed by atoms with E-state index in [0.29, 0.717) is 0 Å². The summed E-state index contributed by atoms with van der Waals surface area (Å²) < 4.78 is 0. The van der Waals surface area contributed by atoms with Gasteiger partial charge in [-0.3, -0.25) is 16.2 Å². The van der Waals surface area contributed by atoms with E-state index in [-0.39, 0.29) is 11.6 Å². The zero-order chi connectivity index (χ0) is 14.6. The lowest BCUT2D eigenvalue weighted by atomic mass is 9.83. The maximum absolute atomic E-state index is 5.93. The number of hydrogen-bond donors (Lipinski definition) is 2. The van der Waals surface area contributed by atoms with Gasteiger partial charge in [-0.2, -0.15) is 0 Å². The topological polar surface area (TPSA) is 41.3 Å². The van der Waals surface area contributed by atoms with Crippen LogP contribution in [0.1, 0.15) is 57.2 Å². The van der Waals surface area contributed by atoms with Crippen molar-refractivity contribution in [3.8, 4) is 0 Å². The Hall–Kier alpha value is -0.900. The Morgan fingerprint density at radius 1 is 1.20 bits per heavy atom. The lowest BCUT2D eigenvalue weighted by Gasteiger charge is -2.44. The van der Waals surface area contributed by atoms with Gasteiger partial charge in [0.25, 0.3) is 0 Å². The van der Waals surface area contributed by atoms with Crippen LogP contribution in [0.25, 0.3) is 0 Å². The Morgan fingerprint density at radius 2 is 1.80 bits per heavy atom. The Morgan fingerprint density at radius 3 is 2.25 bits per heavy atom. The first-order chi connectivity index (χ1) is 9.65. The molecule has 1 heterocycles. The standard InChI is InChI=1S/C17H29N3/c1-4-14-8-10-15(11-9-14)16(19-18)17(3,5-2)20-12-6-7-13-20/h8-11,16,19H,4-7,12-13,18H2,1-3H3. The van der Waals surface area contributed by atoms with Crippen LogP contribution in [0, 0.1) is 0 Å². The van der Waals surface area contributed by atoms with Crippen molar-refractivity contribution in [3.63, 3.8) is 0 Å². The largest absolute Gasteiger partial charge is 0.296 e. The van der Waals surface area contributed by atoms with Gasteiger partial charge >= 0.3 is 0 Å². The van der Waals surface area contributed by atoms with Gasteiger partial charge in [0.1, 0.15) is 0 Å². The minimum Gasteiger partial charge on any atom is -0.296 e. The number of benzene rings is 1. The third-order valence-electron chi connectivity index (χ3n) is 5.05. The van der Waals surface area contributed by atoms with Gasteiger partial charge in [0.2, 0.25) is 0 Å². The SMILES string of the molecule is CCc1ccc(C(NN)C(C)(CC)N2CCCC2)cc1. The molecule has 3 heteroatoms. The highest BCUT2D eigenvalue weighted by Crippen LogP contribution is 2.36. The number of likely N-dealkylation sites (tertiary alicyclic amines) is 1. The van der Waals surface area contributed by atoms with Gasteiger partial charge in [0.05, 0.1) is 6.04 Å². The normalized spacial score (nSPS) is 20.8. The fourth-order valence-corrected chi connectivity index (χ4v) is 3.42. The van der Waals surface area contributed by atoms with E-state index in [1.807, 2.05) is 0 Å². The van der Waals surface area contributed by atoms with E-state index in [0.717, 1.165) is 12.8 Å². The minimum absolute atomic E-state index is 0.0823. The smallest absolute Gasteiger partial charge is 0.0641 e. The van der Waals surface area contributed by atoms with Crippen LogP contribution in [-0.4, -0.2) is 23.5 Å². The van der Waals surface area contributed by atoms with Gasteiger partial charge in [-0.25, -0.2) is 0 Å². The van der Waals surface area contributed by atoms with Gasteiger partial charge in [-0.05, 0) is 56.8 Å². The van der Waals surface area contributed by atoms with Crippen molar-refractivity contribution in [2.45, 2.75) is 58.0 Å². The van der Waals surface area contributed by atoms with Crippen LogP contribution < -0.4 is 11.3 Å². The molecular weight excluding hydrogens is 246 g/mol. The molecular formula is C17H29N3. The molecule has 20 heavy (non-hydrogen) atoms. The summed E-state index contributed by atoms with van der Waals surface area (Å²) in [5, 5.41) is 0. The highest BCUT2D eigenvalue weighted by atomic mass is 15.3. The lowest BCUT2D eigenvalue weighted by Crippen LogP contribution is -2.54. The number of nitrogens with zero attached hydrogens (tertiary/aromatic N) is 1. The first-order valence-corrected chi connectivity index (χ1v) is 7.95. The monoisotopic (exact) mass is 275 g/mol. The number of rotatable bonds is 6. The summed E-state index contributed by atoms with van der Waals surface area (Å²) in [5.41, 5.74) is 5.84. The van der Waals surface area contributed by atoms with Crippen molar-refractivity contribution < 1.29 is 0 Å². The molecule has 1 fully saturated rings. The van der Waals surface area contributed by atoms with Crippen molar-refractivity contribution in [2.75, 3.05) is 13.1 Å². The molecule has 3 N–H and O–H groups in total. The molecule has 1 saturated heterocycles. The molecule has 0 aliphatic carbocycles. The number of hydrogen-bond acceptors (Lipinski definition) is 3. The molecule has 2 atom stereocenters.